The van der Waals surface area contributed by atoms with Crippen LogP contribution >= 0.6 is 27.3 Å². The number of esters is 1. The lowest BCUT2D eigenvalue weighted by Crippen LogP contribution is -2.22. The number of aromatic nitrogens is 2. The third-order valence-corrected chi connectivity index (χ3v) is 6.73. The number of ether oxygens (including phenoxy) is 1. The van der Waals surface area contributed by atoms with Crippen LogP contribution in [0.3, 0.4) is 0 Å². The highest BCUT2D eigenvalue weighted by molar-refractivity contribution is 9.10. The third-order valence-electron chi connectivity index (χ3n) is 4.72. The summed E-state index contributed by atoms with van der Waals surface area (Å²) in [5.41, 5.74) is 4.81. The number of nitrogens with one attached hydrogen (secondary N) is 1. The molecule has 1 aliphatic rings. The molecular weight excluding hydrogens is 517 g/mol. The molecule has 0 bridgehead atoms. The van der Waals surface area contributed by atoms with E-state index in [0.29, 0.717) is 25.0 Å². The summed E-state index contributed by atoms with van der Waals surface area (Å²) in [6.45, 7) is 2.94. The minimum Gasteiger partial charge on any atom is -0.462 e. The number of rotatable bonds is 8. The Hall–Kier alpha value is -2.41. The van der Waals surface area contributed by atoms with E-state index in [0.717, 1.165) is 16.0 Å². The lowest BCUT2D eigenvalue weighted by Gasteiger charge is -2.09. The minimum absolute atomic E-state index is 0.00866. The maximum absolute atomic E-state index is 13.3. The Balaban J connectivity index is 1.89. The molecule has 1 aliphatic carbocycles. The van der Waals surface area contributed by atoms with Gasteiger partial charge in [0.2, 0.25) is 5.91 Å². The minimum atomic E-state index is -4.68. The summed E-state index contributed by atoms with van der Waals surface area (Å²) < 4.78 is 45.8. The van der Waals surface area contributed by atoms with Gasteiger partial charge in [0.25, 0.3) is 5.91 Å². The van der Waals surface area contributed by atoms with Crippen LogP contribution in [0.2, 0.25) is 0 Å². The first kappa shape index (κ1) is 24.2. The monoisotopic (exact) mass is 536 g/mol. The van der Waals surface area contributed by atoms with Crippen LogP contribution in [-0.4, -0.2) is 34.2 Å². The van der Waals surface area contributed by atoms with Gasteiger partial charge in [-0.2, -0.15) is 18.3 Å². The summed E-state index contributed by atoms with van der Waals surface area (Å²) in [7, 11) is 0. The highest BCUT2D eigenvalue weighted by Crippen LogP contribution is 2.47. The van der Waals surface area contributed by atoms with E-state index >= 15 is 0 Å². The number of amides is 2. The summed E-state index contributed by atoms with van der Waals surface area (Å²) in [4.78, 5) is 36.9. The number of primary amides is 1. The van der Waals surface area contributed by atoms with Crippen molar-refractivity contribution in [1.29, 1.82) is 0 Å². The number of alkyl halides is 3. The van der Waals surface area contributed by atoms with Gasteiger partial charge in [-0.3, -0.25) is 14.3 Å². The highest BCUT2D eigenvalue weighted by atomic mass is 79.9. The second-order valence-electron chi connectivity index (χ2n) is 7.29. The molecule has 2 aromatic rings. The number of nitrogens with zero attached hydrogens (tertiary/aromatic N) is 2. The van der Waals surface area contributed by atoms with E-state index in [1.165, 1.54) is 6.92 Å². The van der Waals surface area contributed by atoms with Gasteiger partial charge in [-0.15, -0.1) is 11.3 Å². The van der Waals surface area contributed by atoms with Crippen molar-refractivity contribution in [2.45, 2.75) is 51.7 Å². The van der Waals surface area contributed by atoms with Crippen LogP contribution in [0.4, 0.5) is 18.2 Å². The van der Waals surface area contributed by atoms with Crippen molar-refractivity contribution in [2.75, 3.05) is 11.9 Å². The molecule has 1 saturated carbocycles. The Bertz CT molecular complexity index is 1080. The van der Waals surface area contributed by atoms with E-state index in [2.05, 4.69) is 26.3 Å². The molecule has 32 heavy (non-hydrogen) atoms. The molecule has 2 aromatic heterocycles. The van der Waals surface area contributed by atoms with Crippen LogP contribution in [0.1, 0.15) is 69.1 Å². The molecule has 0 aliphatic heterocycles. The molecule has 3 rings (SSSR count). The first-order chi connectivity index (χ1) is 15.0. The van der Waals surface area contributed by atoms with E-state index in [1.807, 2.05) is 0 Å². The molecule has 0 radical (unpaired) electrons. The van der Waals surface area contributed by atoms with Gasteiger partial charge in [-0.25, -0.2) is 4.79 Å². The Labute approximate surface area is 193 Å². The van der Waals surface area contributed by atoms with Gasteiger partial charge in [0, 0.05) is 5.92 Å². The molecule has 13 heteroatoms. The number of carbonyl (C=O) groups excluding carboxylic acids is 3. The first-order valence-electron chi connectivity index (χ1n) is 9.69. The van der Waals surface area contributed by atoms with E-state index in [1.54, 1.807) is 6.92 Å². The molecule has 2 amide bonds. The molecular formula is C19H20BrF3N4O4S. The zero-order chi connectivity index (χ0) is 23.8. The SMILES string of the molecule is CCCOC(=O)c1c(NC(=O)Cn2nc(C(F)(F)F)c(Br)c2C2CC2)sc(C(N)=O)c1C. The number of halogens is 4. The summed E-state index contributed by atoms with van der Waals surface area (Å²) in [6, 6.07) is 0. The Kier molecular flexibility index (Phi) is 6.98. The topological polar surface area (TPSA) is 116 Å². The van der Waals surface area contributed by atoms with Crippen LogP contribution in [0.15, 0.2) is 4.47 Å². The molecule has 0 aromatic carbocycles. The standard InChI is InChI=1S/C19H20BrF3N4O4S/c1-3-6-31-18(30)11-8(2)14(16(24)29)32-17(11)25-10(28)7-27-13(9-4-5-9)12(20)15(26-27)19(21,22)23/h9H,3-7H2,1-2H3,(H2,24,29)(H,25,28). The Morgan fingerprint density at radius 1 is 1.34 bits per heavy atom. The van der Waals surface area contributed by atoms with Gasteiger partial charge in [-0.05, 0) is 47.7 Å². The molecule has 174 valence electrons. The fraction of sp³-hybridized carbons (Fsp3) is 0.474. The van der Waals surface area contributed by atoms with Gasteiger partial charge in [0.1, 0.15) is 11.5 Å². The molecule has 0 spiro atoms. The number of hydrogen-bond acceptors (Lipinski definition) is 6. The van der Waals surface area contributed by atoms with E-state index in [-0.39, 0.29) is 38.0 Å². The molecule has 8 nitrogen and oxygen atoms in total. The number of nitrogens with two attached hydrogens (primary N) is 1. The van der Waals surface area contributed by atoms with Gasteiger partial charge < -0.3 is 15.8 Å². The van der Waals surface area contributed by atoms with Crippen molar-refractivity contribution in [3.8, 4) is 0 Å². The van der Waals surface area contributed by atoms with Gasteiger partial charge in [-0.1, -0.05) is 6.92 Å². The van der Waals surface area contributed by atoms with Crippen LogP contribution in [0.5, 0.6) is 0 Å². The molecule has 1 fully saturated rings. The van der Waals surface area contributed by atoms with Crippen LogP contribution in [-0.2, 0) is 22.3 Å². The highest BCUT2D eigenvalue weighted by Gasteiger charge is 2.42. The zero-order valence-corrected chi connectivity index (χ0v) is 19.5. The molecule has 0 unspecified atom stereocenters. The quantitative estimate of drug-likeness (QED) is 0.490. The normalized spacial score (nSPS) is 13.8. The van der Waals surface area contributed by atoms with Crippen LogP contribution in [0, 0.1) is 6.92 Å². The van der Waals surface area contributed by atoms with Crippen molar-refractivity contribution in [2.24, 2.45) is 5.73 Å². The summed E-state index contributed by atoms with van der Waals surface area (Å²) >= 11 is 3.78. The number of hydrogen-bond donors (Lipinski definition) is 2. The fourth-order valence-electron chi connectivity index (χ4n) is 3.15. The lowest BCUT2D eigenvalue weighted by molar-refractivity contribution is -0.142. The fourth-order valence-corrected chi connectivity index (χ4v) is 5.05. The van der Waals surface area contributed by atoms with E-state index in [4.69, 9.17) is 10.5 Å². The van der Waals surface area contributed by atoms with Crippen molar-refractivity contribution in [3.63, 3.8) is 0 Å². The second kappa shape index (κ2) is 9.22. The smallest absolute Gasteiger partial charge is 0.436 e. The van der Waals surface area contributed by atoms with Crippen molar-refractivity contribution < 1.29 is 32.3 Å². The van der Waals surface area contributed by atoms with Crippen LogP contribution in [0.25, 0.3) is 0 Å². The van der Waals surface area contributed by atoms with Gasteiger partial charge in [0.15, 0.2) is 5.69 Å². The average molecular weight is 537 g/mol. The van der Waals surface area contributed by atoms with Crippen LogP contribution < -0.4 is 11.1 Å². The average Bonchev–Trinajstić information content (AvgIpc) is 3.38. The zero-order valence-electron chi connectivity index (χ0n) is 17.1. The summed E-state index contributed by atoms with van der Waals surface area (Å²) in [6.07, 6.45) is -2.72. The van der Waals surface area contributed by atoms with E-state index in [9.17, 15) is 27.6 Å². The predicted octanol–water partition coefficient (Wildman–Crippen LogP) is 4.22. The van der Waals surface area contributed by atoms with Gasteiger partial charge in [0.05, 0.1) is 27.2 Å². The van der Waals surface area contributed by atoms with Crippen molar-refractivity contribution in [3.05, 3.63) is 31.9 Å². The molecule has 2 heterocycles. The number of thiophene rings is 1. The molecule has 0 atom stereocenters. The predicted molar refractivity (Wildman–Crippen MR) is 114 cm³/mol. The van der Waals surface area contributed by atoms with Gasteiger partial charge >= 0.3 is 12.1 Å². The molecule has 0 saturated heterocycles. The Morgan fingerprint density at radius 2 is 2.00 bits per heavy atom. The number of anilines is 1. The maximum Gasteiger partial charge on any atom is 0.436 e. The second-order valence-corrected chi connectivity index (χ2v) is 9.10. The summed E-state index contributed by atoms with van der Waals surface area (Å²) in [5.74, 6) is -2.34. The third kappa shape index (κ3) is 4.98. The maximum atomic E-state index is 13.3. The van der Waals surface area contributed by atoms with Crippen molar-refractivity contribution in [1.82, 2.24) is 9.78 Å². The molecule has 3 N–H and O–H groups in total. The lowest BCUT2D eigenvalue weighted by atomic mass is 10.1. The Morgan fingerprint density at radius 3 is 2.53 bits per heavy atom. The largest absolute Gasteiger partial charge is 0.462 e. The summed E-state index contributed by atoms with van der Waals surface area (Å²) in [5, 5.41) is 6.13. The first-order valence-corrected chi connectivity index (χ1v) is 11.3. The van der Waals surface area contributed by atoms with Crippen molar-refractivity contribution >= 4 is 50.1 Å². The number of carbonyl (C=O) groups is 3. The van der Waals surface area contributed by atoms with E-state index < -0.39 is 36.2 Å².